The van der Waals surface area contributed by atoms with Crippen molar-refractivity contribution in [3.63, 3.8) is 0 Å². The number of hydrogen-bond donors (Lipinski definition) is 1. The number of carbonyl (C=O) groups is 1. The molecule has 3 aromatic carbocycles. The number of anilines is 1. The molecule has 166 valence electrons. The molecule has 8 heteroatoms. The molecule has 0 radical (unpaired) electrons. The highest BCUT2D eigenvalue weighted by molar-refractivity contribution is 6.30. The Hall–Kier alpha value is -3.19. The van der Waals surface area contributed by atoms with Gasteiger partial charge in [0, 0.05) is 23.7 Å². The standard InChI is InChI=1S/C24H20ClF3N2O2/c1-32-21-11-5-16(6-12-21)14-23(17-3-2-4-18(13-17)24(26,27)28)15-29-22(31)30(23)20-9-7-19(25)8-10-20/h2-13H,14-15H2,1H3,(H,29,31)/t23-/m1/s1. The number of nitrogens with one attached hydrogen (secondary N) is 1. The van der Waals surface area contributed by atoms with Crippen LogP contribution in [0.25, 0.3) is 0 Å². The number of hydrogen-bond acceptors (Lipinski definition) is 2. The van der Waals surface area contributed by atoms with Crippen molar-refractivity contribution >= 4 is 23.3 Å². The molecule has 1 N–H and O–H groups in total. The van der Waals surface area contributed by atoms with E-state index in [2.05, 4.69) is 5.32 Å². The minimum atomic E-state index is -4.50. The number of rotatable bonds is 5. The lowest BCUT2D eigenvalue weighted by molar-refractivity contribution is -0.137. The highest BCUT2D eigenvalue weighted by Crippen LogP contribution is 2.41. The van der Waals surface area contributed by atoms with E-state index in [4.69, 9.17) is 16.3 Å². The second-order valence-electron chi connectivity index (χ2n) is 7.61. The minimum absolute atomic E-state index is 0.141. The predicted molar refractivity (Wildman–Crippen MR) is 117 cm³/mol. The van der Waals surface area contributed by atoms with E-state index in [0.29, 0.717) is 28.4 Å². The molecule has 4 nitrogen and oxygen atoms in total. The second kappa shape index (κ2) is 8.39. The van der Waals surface area contributed by atoms with E-state index < -0.39 is 23.3 Å². The molecular formula is C24H20ClF3N2O2. The molecule has 0 saturated carbocycles. The molecule has 0 aromatic heterocycles. The maximum atomic E-state index is 13.5. The minimum Gasteiger partial charge on any atom is -0.497 e. The van der Waals surface area contributed by atoms with Gasteiger partial charge in [0.2, 0.25) is 0 Å². The van der Waals surface area contributed by atoms with Crippen LogP contribution in [0, 0.1) is 0 Å². The van der Waals surface area contributed by atoms with E-state index in [9.17, 15) is 18.0 Å². The Morgan fingerprint density at radius 2 is 1.75 bits per heavy atom. The molecule has 1 heterocycles. The summed E-state index contributed by atoms with van der Waals surface area (Å²) >= 11 is 6.02. The Labute approximate surface area is 188 Å². The van der Waals surface area contributed by atoms with Crippen LogP contribution in [0.4, 0.5) is 23.7 Å². The van der Waals surface area contributed by atoms with Crippen molar-refractivity contribution in [2.24, 2.45) is 0 Å². The lowest BCUT2D eigenvalue weighted by Crippen LogP contribution is -2.47. The monoisotopic (exact) mass is 460 g/mol. The fourth-order valence-corrected chi connectivity index (χ4v) is 4.20. The van der Waals surface area contributed by atoms with Gasteiger partial charge in [-0.05, 0) is 59.7 Å². The largest absolute Gasteiger partial charge is 0.497 e. The van der Waals surface area contributed by atoms with Gasteiger partial charge in [-0.25, -0.2) is 4.79 Å². The fraction of sp³-hybridized carbons (Fsp3) is 0.208. The molecule has 0 unspecified atom stereocenters. The second-order valence-corrected chi connectivity index (χ2v) is 8.04. The van der Waals surface area contributed by atoms with Crippen molar-refractivity contribution in [2.75, 3.05) is 18.6 Å². The summed E-state index contributed by atoms with van der Waals surface area (Å²) in [6.45, 7) is 0.141. The Morgan fingerprint density at radius 1 is 1.06 bits per heavy atom. The van der Waals surface area contributed by atoms with Gasteiger partial charge in [-0.1, -0.05) is 35.9 Å². The molecule has 2 amide bonds. The molecule has 0 spiro atoms. The van der Waals surface area contributed by atoms with Crippen LogP contribution in [0.15, 0.2) is 72.8 Å². The summed E-state index contributed by atoms with van der Waals surface area (Å²) in [7, 11) is 1.56. The van der Waals surface area contributed by atoms with Gasteiger partial charge in [0.15, 0.2) is 0 Å². The van der Waals surface area contributed by atoms with E-state index in [-0.39, 0.29) is 6.54 Å². The zero-order chi connectivity index (χ0) is 22.9. The molecule has 1 aliphatic heterocycles. The van der Waals surface area contributed by atoms with E-state index in [1.165, 1.54) is 11.0 Å². The van der Waals surface area contributed by atoms with Gasteiger partial charge < -0.3 is 10.1 Å². The summed E-state index contributed by atoms with van der Waals surface area (Å²) in [5.41, 5.74) is -0.0780. The quantitative estimate of drug-likeness (QED) is 0.504. The third kappa shape index (κ3) is 4.12. The lowest BCUT2D eigenvalue weighted by Gasteiger charge is -2.38. The van der Waals surface area contributed by atoms with Crippen LogP contribution in [-0.2, 0) is 18.1 Å². The highest BCUT2D eigenvalue weighted by Gasteiger charge is 2.48. The summed E-state index contributed by atoms with van der Waals surface area (Å²) in [6.07, 6.45) is -4.21. The van der Waals surface area contributed by atoms with Crippen molar-refractivity contribution in [3.8, 4) is 5.75 Å². The summed E-state index contributed by atoms with van der Waals surface area (Å²) in [5.74, 6) is 0.664. The van der Waals surface area contributed by atoms with Gasteiger partial charge in [0.1, 0.15) is 5.75 Å². The normalized spacial score (nSPS) is 18.5. The maximum Gasteiger partial charge on any atom is 0.416 e. The van der Waals surface area contributed by atoms with Crippen LogP contribution in [0.3, 0.4) is 0 Å². The third-order valence-electron chi connectivity index (χ3n) is 5.63. The van der Waals surface area contributed by atoms with Crippen LogP contribution in [0.2, 0.25) is 5.02 Å². The SMILES string of the molecule is COc1ccc(C[C@]2(c3cccc(C(F)(F)F)c3)CNC(=O)N2c2ccc(Cl)cc2)cc1. The summed E-state index contributed by atoms with van der Waals surface area (Å²) in [4.78, 5) is 14.5. The summed E-state index contributed by atoms with van der Waals surface area (Å²) in [6, 6.07) is 18.7. The van der Waals surface area contributed by atoms with Crippen LogP contribution in [0.5, 0.6) is 5.75 Å². The molecule has 4 rings (SSSR count). The molecule has 0 aliphatic carbocycles. The van der Waals surface area contributed by atoms with Gasteiger partial charge >= 0.3 is 12.2 Å². The van der Waals surface area contributed by atoms with Crippen LogP contribution < -0.4 is 15.0 Å². The number of amides is 2. The highest BCUT2D eigenvalue weighted by atomic mass is 35.5. The number of benzene rings is 3. The zero-order valence-corrected chi connectivity index (χ0v) is 17.9. The number of nitrogens with zero attached hydrogens (tertiary/aromatic N) is 1. The number of urea groups is 1. The van der Waals surface area contributed by atoms with Crippen molar-refractivity contribution < 1.29 is 22.7 Å². The van der Waals surface area contributed by atoms with Crippen LogP contribution in [0.1, 0.15) is 16.7 Å². The lowest BCUT2D eigenvalue weighted by atomic mass is 9.82. The molecule has 1 atom stereocenters. The maximum absolute atomic E-state index is 13.5. The van der Waals surface area contributed by atoms with Crippen molar-refractivity contribution in [3.05, 3.63) is 94.5 Å². The Kier molecular flexibility index (Phi) is 5.77. The summed E-state index contributed by atoms with van der Waals surface area (Å²) < 4.78 is 45.7. The van der Waals surface area contributed by atoms with Gasteiger partial charge in [0.05, 0.1) is 18.2 Å². The van der Waals surface area contributed by atoms with Crippen LogP contribution >= 0.6 is 11.6 Å². The molecule has 1 saturated heterocycles. The zero-order valence-electron chi connectivity index (χ0n) is 17.1. The Morgan fingerprint density at radius 3 is 2.38 bits per heavy atom. The van der Waals surface area contributed by atoms with Crippen molar-refractivity contribution in [2.45, 2.75) is 18.1 Å². The smallest absolute Gasteiger partial charge is 0.416 e. The number of ether oxygens (including phenoxy) is 1. The van der Waals surface area contributed by atoms with E-state index in [0.717, 1.165) is 17.7 Å². The van der Waals surface area contributed by atoms with E-state index >= 15 is 0 Å². The average molecular weight is 461 g/mol. The first-order chi connectivity index (χ1) is 15.2. The topological polar surface area (TPSA) is 41.6 Å². The summed E-state index contributed by atoms with van der Waals surface area (Å²) in [5, 5.41) is 3.31. The molecular weight excluding hydrogens is 441 g/mol. The molecule has 1 aliphatic rings. The molecule has 0 bridgehead atoms. The number of halogens is 4. The van der Waals surface area contributed by atoms with E-state index in [1.807, 2.05) is 12.1 Å². The number of alkyl halides is 3. The fourth-order valence-electron chi connectivity index (χ4n) is 4.07. The Balaban J connectivity index is 1.87. The Bertz CT molecular complexity index is 1120. The van der Waals surface area contributed by atoms with E-state index in [1.54, 1.807) is 49.6 Å². The van der Waals surface area contributed by atoms with Gasteiger partial charge in [-0.3, -0.25) is 4.90 Å². The first-order valence-corrected chi connectivity index (χ1v) is 10.2. The molecule has 3 aromatic rings. The average Bonchev–Trinajstić information content (AvgIpc) is 3.11. The number of carbonyl (C=O) groups excluding carboxylic acids is 1. The predicted octanol–water partition coefficient (Wildman–Crippen LogP) is 6.04. The third-order valence-corrected chi connectivity index (χ3v) is 5.88. The first kappa shape index (κ1) is 22.0. The number of methoxy groups -OCH3 is 1. The van der Waals surface area contributed by atoms with Gasteiger partial charge in [-0.15, -0.1) is 0 Å². The molecule has 1 fully saturated rings. The van der Waals surface area contributed by atoms with Crippen molar-refractivity contribution in [1.82, 2.24) is 5.32 Å². The van der Waals surface area contributed by atoms with Gasteiger partial charge in [-0.2, -0.15) is 13.2 Å². The van der Waals surface area contributed by atoms with Crippen molar-refractivity contribution in [1.29, 1.82) is 0 Å². The van der Waals surface area contributed by atoms with Gasteiger partial charge in [0.25, 0.3) is 0 Å². The molecule has 32 heavy (non-hydrogen) atoms. The van der Waals surface area contributed by atoms with Crippen LogP contribution in [-0.4, -0.2) is 19.7 Å². The first-order valence-electron chi connectivity index (χ1n) is 9.87.